The first kappa shape index (κ1) is 11.3. The van der Waals surface area contributed by atoms with Gasteiger partial charge in [0.1, 0.15) is 0 Å². The first-order valence-electron chi connectivity index (χ1n) is 5.23. The number of thioether (sulfide) groups is 1. The molecule has 0 saturated carbocycles. The Morgan fingerprint density at radius 2 is 2.38 bits per heavy atom. The molecule has 1 atom stereocenters. The molecule has 1 N–H and O–H groups in total. The number of rotatable bonds is 7. The molecule has 0 bridgehead atoms. The lowest BCUT2D eigenvalue weighted by atomic mass is 10.1. The van der Waals surface area contributed by atoms with Crippen molar-refractivity contribution in [3.05, 3.63) is 0 Å². The van der Waals surface area contributed by atoms with E-state index in [4.69, 9.17) is 4.74 Å². The predicted molar refractivity (Wildman–Crippen MR) is 59.5 cm³/mol. The third-order valence-corrected chi connectivity index (χ3v) is 3.47. The van der Waals surface area contributed by atoms with E-state index in [1.165, 1.54) is 38.0 Å². The van der Waals surface area contributed by atoms with Crippen LogP contribution in [0.5, 0.6) is 0 Å². The fourth-order valence-corrected chi connectivity index (χ4v) is 2.54. The molecule has 0 aromatic rings. The molecule has 2 nitrogen and oxygen atoms in total. The zero-order valence-corrected chi connectivity index (χ0v) is 9.37. The van der Waals surface area contributed by atoms with E-state index < -0.39 is 0 Å². The van der Waals surface area contributed by atoms with Gasteiger partial charge in [-0.25, -0.2) is 0 Å². The predicted octanol–water partition coefficient (Wildman–Crippen LogP) is 1.90. The minimum atomic E-state index is 0.822. The molecule has 1 unspecified atom stereocenters. The molecule has 1 saturated heterocycles. The van der Waals surface area contributed by atoms with Crippen molar-refractivity contribution in [2.75, 3.05) is 31.8 Å². The fraction of sp³-hybridized carbons (Fsp3) is 1.00. The van der Waals surface area contributed by atoms with Crippen LogP contribution in [0, 0.1) is 0 Å². The number of ether oxygens (including phenoxy) is 1. The van der Waals surface area contributed by atoms with Gasteiger partial charge in [0.2, 0.25) is 0 Å². The molecule has 0 aromatic heterocycles. The monoisotopic (exact) mass is 203 g/mol. The number of methoxy groups -OCH3 is 1. The second-order valence-electron chi connectivity index (χ2n) is 3.54. The largest absolute Gasteiger partial charge is 0.384 e. The van der Waals surface area contributed by atoms with Crippen LogP contribution >= 0.6 is 11.8 Å². The third kappa shape index (κ3) is 5.55. The molecular weight excluding hydrogens is 182 g/mol. The van der Waals surface area contributed by atoms with Crippen LogP contribution < -0.4 is 5.32 Å². The van der Waals surface area contributed by atoms with Gasteiger partial charge in [-0.05, 0) is 38.0 Å². The maximum absolute atomic E-state index is 4.99. The number of hydrogen-bond acceptors (Lipinski definition) is 3. The van der Waals surface area contributed by atoms with Crippen LogP contribution in [0.4, 0.5) is 0 Å². The van der Waals surface area contributed by atoms with Crippen LogP contribution in [-0.2, 0) is 4.74 Å². The lowest BCUT2D eigenvalue weighted by Crippen LogP contribution is -2.21. The summed E-state index contributed by atoms with van der Waals surface area (Å²) < 4.78 is 4.99. The van der Waals surface area contributed by atoms with Gasteiger partial charge in [-0.15, -0.1) is 0 Å². The fourth-order valence-electron chi connectivity index (χ4n) is 1.68. The van der Waals surface area contributed by atoms with Gasteiger partial charge >= 0.3 is 0 Å². The second-order valence-corrected chi connectivity index (χ2v) is 4.77. The average molecular weight is 203 g/mol. The van der Waals surface area contributed by atoms with Crippen molar-refractivity contribution in [2.45, 2.75) is 31.7 Å². The summed E-state index contributed by atoms with van der Waals surface area (Å²) in [5.41, 5.74) is 0. The van der Waals surface area contributed by atoms with Crippen molar-refractivity contribution in [3.63, 3.8) is 0 Å². The standard InChI is InChI=1S/C10H21NOS/c1-12-7-9-13-8-3-5-10-4-2-6-11-10/h10-11H,2-9H2,1H3. The average Bonchev–Trinajstić information content (AvgIpc) is 2.63. The van der Waals surface area contributed by atoms with E-state index in [0.717, 1.165) is 18.4 Å². The molecule has 13 heavy (non-hydrogen) atoms. The molecule has 0 spiro atoms. The third-order valence-electron chi connectivity index (χ3n) is 2.44. The normalized spacial score (nSPS) is 22.4. The Hall–Kier alpha value is 0.270. The van der Waals surface area contributed by atoms with Crippen molar-refractivity contribution >= 4 is 11.8 Å². The van der Waals surface area contributed by atoms with Crippen LogP contribution in [-0.4, -0.2) is 37.8 Å². The van der Waals surface area contributed by atoms with Gasteiger partial charge < -0.3 is 10.1 Å². The molecule has 0 amide bonds. The Labute approximate surface area is 85.8 Å². The van der Waals surface area contributed by atoms with Crippen LogP contribution in [0.15, 0.2) is 0 Å². The maximum Gasteiger partial charge on any atom is 0.0552 e. The van der Waals surface area contributed by atoms with Gasteiger partial charge in [-0.2, -0.15) is 11.8 Å². The minimum Gasteiger partial charge on any atom is -0.384 e. The van der Waals surface area contributed by atoms with E-state index in [1.807, 2.05) is 11.8 Å². The van der Waals surface area contributed by atoms with Crippen LogP contribution in [0.3, 0.4) is 0 Å². The van der Waals surface area contributed by atoms with Crippen LogP contribution in [0.25, 0.3) is 0 Å². The van der Waals surface area contributed by atoms with E-state index in [-0.39, 0.29) is 0 Å². The lowest BCUT2D eigenvalue weighted by molar-refractivity contribution is 0.218. The Kier molecular flexibility index (Phi) is 6.68. The highest BCUT2D eigenvalue weighted by Gasteiger charge is 2.12. The summed E-state index contributed by atoms with van der Waals surface area (Å²) in [5.74, 6) is 2.44. The summed E-state index contributed by atoms with van der Waals surface area (Å²) in [7, 11) is 1.77. The molecule has 78 valence electrons. The zero-order chi connectivity index (χ0) is 9.36. The van der Waals surface area contributed by atoms with Gasteiger partial charge in [0, 0.05) is 18.9 Å². The SMILES string of the molecule is COCCSCCCC1CCCN1. The minimum absolute atomic E-state index is 0.822. The molecule has 3 heteroatoms. The van der Waals surface area contributed by atoms with E-state index in [0.29, 0.717) is 0 Å². The van der Waals surface area contributed by atoms with Crippen molar-refractivity contribution in [1.82, 2.24) is 5.32 Å². The van der Waals surface area contributed by atoms with Gasteiger partial charge in [0.25, 0.3) is 0 Å². The first-order chi connectivity index (χ1) is 6.43. The van der Waals surface area contributed by atoms with Gasteiger partial charge in [0.15, 0.2) is 0 Å². The Balaban J connectivity index is 1.78. The van der Waals surface area contributed by atoms with E-state index in [2.05, 4.69) is 5.32 Å². The molecule has 0 aliphatic carbocycles. The van der Waals surface area contributed by atoms with Crippen LogP contribution in [0.1, 0.15) is 25.7 Å². The molecule has 1 rings (SSSR count). The smallest absolute Gasteiger partial charge is 0.0552 e. The van der Waals surface area contributed by atoms with Crippen LogP contribution in [0.2, 0.25) is 0 Å². The zero-order valence-electron chi connectivity index (χ0n) is 8.55. The number of nitrogens with one attached hydrogen (secondary N) is 1. The maximum atomic E-state index is 4.99. The Morgan fingerprint density at radius 3 is 3.08 bits per heavy atom. The number of hydrogen-bond donors (Lipinski definition) is 1. The highest BCUT2D eigenvalue weighted by molar-refractivity contribution is 7.99. The summed E-state index contributed by atoms with van der Waals surface area (Å²) in [5, 5.41) is 3.52. The lowest BCUT2D eigenvalue weighted by Gasteiger charge is -2.08. The molecule has 1 fully saturated rings. The van der Waals surface area contributed by atoms with E-state index in [9.17, 15) is 0 Å². The summed E-state index contributed by atoms with van der Waals surface area (Å²) >= 11 is 2.01. The first-order valence-corrected chi connectivity index (χ1v) is 6.39. The molecule has 1 aliphatic heterocycles. The topological polar surface area (TPSA) is 21.3 Å². The molecule has 0 aromatic carbocycles. The summed E-state index contributed by atoms with van der Waals surface area (Å²) in [6, 6.07) is 0.822. The summed E-state index contributed by atoms with van der Waals surface area (Å²) in [6.07, 6.45) is 5.48. The molecule has 0 radical (unpaired) electrons. The van der Waals surface area contributed by atoms with Crippen molar-refractivity contribution in [3.8, 4) is 0 Å². The van der Waals surface area contributed by atoms with Crippen molar-refractivity contribution < 1.29 is 4.74 Å². The Bertz CT molecular complexity index is 115. The molecule has 1 heterocycles. The molecular formula is C10H21NOS. The van der Waals surface area contributed by atoms with Gasteiger partial charge in [-0.3, -0.25) is 0 Å². The summed E-state index contributed by atoms with van der Waals surface area (Å²) in [6.45, 7) is 2.13. The quantitative estimate of drug-likeness (QED) is 0.639. The van der Waals surface area contributed by atoms with Crippen molar-refractivity contribution in [2.24, 2.45) is 0 Å². The Morgan fingerprint density at radius 1 is 1.46 bits per heavy atom. The summed E-state index contributed by atoms with van der Waals surface area (Å²) in [4.78, 5) is 0. The van der Waals surface area contributed by atoms with E-state index in [1.54, 1.807) is 7.11 Å². The van der Waals surface area contributed by atoms with Crippen molar-refractivity contribution in [1.29, 1.82) is 0 Å². The highest BCUT2D eigenvalue weighted by atomic mass is 32.2. The van der Waals surface area contributed by atoms with E-state index >= 15 is 0 Å². The van der Waals surface area contributed by atoms with Gasteiger partial charge in [-0.1, -0.05) is 0 Å². The highest BCUT2D eigenvalue weighted by Crippen LogP contribution is 2.13. The second kappa shape index (κ2) is 7.65. The molecule has 1 aliphatic rings. The van der Waals surface area contributed by atoms with Gasteiger partial charge in [0.05, 0.1) is 6.61 Å².